The normalized spacial score (nSPS) is 36.2. The van der Waals surface area contributed by atoms with Crippen molar-refractivity contribution in [2.24, 2.45) is 4.99 Å². The number of likely N-dealkylation sites (N-methyl/N-ethyl adjacent to an activating group) is 1. The van der Waals surface area contributed by atoms with Crippen LogP contribution in [0.25, 0.3) is 0 Å². The fourth-order valence-electron chi connectivity index (χ4n) is 0.698. The summed E-state index contributed by atoms with van der Waals surface area (Å²) in [6, 6.07) is 0.449. The van der Waals surface area contributed by atoms with E-state index in [2.05, 4.69) is 17.2 Å². The fourth-order valence-corrected chi connectivity index (χ4v) is 1.52. The van der Waals surface area contributed by atoms with Gasteiger partial charge in [0.25, 0.3) is 0 Å². The molecule has 1 rings (SSSR count). The van der Waals surface area contributed by atoms with Crippen LogP contribution in [0.4, 0.5) is 0 Å². The molecule has 0 spiro atoms. The molecule has 0 aromatic rings. The Labute approximate surface area is 53.8 Å². The summed E-state index contributed by atoms with van der Waals surface area (Å²) < 4.78 is 0. The Morgan fingerprint density at radius 3 is 2.75 bits per heavy atom. The van der Waals surface area contributed by atoms with Crippen molar-refractivity contribution in [2.45, 2.75) is 18.3 Å². The number of nitrogens with one attached hydrogen (secondary N) is 1. The molecule has 0 saturated heterocycles. The lowest BCUT2D eigenvalue weighted by molar-refractivity contribution is 0.636. The van der Waals surface area contributed by atoms with Gasteiger partial charge in [0.15, 0.2) is 0 Å². The van der Waals surface area contributed by atoms with E-state index in [1.165, 1.54) is 0 Å². The number of nitrogens with zero attached hydrogens (tertiary/aromatic N) is 1. The third-order valence-corrected chi connectivity index (χ3v) is 2.39. The third kappa shape index (κ3) is 1.03. The summed E-state index contributed by atoms with van der Waals surface area (Å²) in [4.78, 5) is 4.16. The van der Waals surface area contributed by atoms with Crippen molar-refractivity contribution in [1.82, 2.24) is 5.32 Å². The zero-order chi connectivity index (χ0) is 5.98. The molecule has 2 nitrogen and oxygen atoms in total. The molecule has 0 bridgehead atoms. The molecular formula is C5H10N2S. The predicted molar refractivity (Wildman–Crippen MR) is 38.4 cm³/mol. The first kappa shape index (κ1) is 6.11. The van der Waals surface area contributed by atoms with Gasteiger partial charge >= 0.3 is 0 Å². The van der Waals surface area contributed by atoms with Crippen molar-refractivity contribution in [3.05, 3.63) is 0 Å². The molecule has 0 fully saturated rings. The Hall–Kier alpha value is -0.0200. The van der Waals surface area contributed by atoms with Gasteiger partial charge in [0, 0.05) is 0 Å². The molecule has 0 amide bonds. The van der Waals surface area contributed by atoms with Crippen LogP contribution in [0, 0.1) is 0 Å². The van der Waals surface area contributed by atoms with E-state index in [9.17, 15) is 0 Å². The topological polar surface area (TPSA) is 24.4 Å². The largest absolute Gasteiger partial charge is 0.306 e. The second kappa shape index (κ2) is 2.51. The van der Waals surface area contributed by atoms with Crippen molar-refractivity contribution in [2.75, 3.05) is 7.05 Å². The summed E-state index contributed by atoms with van der Waals surface area (Å²) in [5.41, 5.74) is 1.91. The lowest BCUT2D eigenvalue weighted by Crippen LogP contribution is -2.28. The van der Waals surface area contributed by atoms with E-state index in [0.717, 1.165) is 0 Å². The highest BCUT2D eigenvalue weighted by atomic mass is 32.2. The number of rotatable bonds is 1. The van der Waals surface area contributed by atoms with Crippen molar-refractivity contribution in [3.63, 3.8) is 0 Å². The molecule has 2 unspecified atom stereocenters. The van der Waals surface area contributed by atoms with Crippen LogP contribution in [-0.2, 0) is 0 Å². The smallest absolute Gasteiger partial charge is 0.0810 e. The van der Waals surface area contributed by atoms with E-state index < -0.39 is 0 Å². The van der Waals surface area contributed by atoms with Crippen LogP contribution in [0.2, 0.25) is 0 Å². The van der Waals surface area contributed by atoms with Crippen molar-refractivity contribution >= 4 is 17.3 Å². The summed E-state index contributed by atoms with van der Waals surface area (Å²) >= 11 is 1.75. The minimum absolute atomic E-state index is 0.449. The standard InChI is InChI=1S/C5H10N2S/c1-4-5(6-2)8-3-7-4/h3-6H,1-2H3. The Morgan fingerprint density at radius 1 is 1.75 bits per heavy atom. The van der Waals surface area contributed by atoms with Crippen LogP contribution in [0.3, 0.4) is 0 Å². The average Bonchev–Trinajstić information content (AvgIpc) is 2.14. The van der Waals surface area contributed by atoms with Crippen LogP contribution in [0.1, 0.15) is 6.92 Å². The first-order valence-electron chi connectivity index (χ1n) is 2.69. The molecule has 1 aliphatic rings. The zero-order valence-electron chi connectivity index (χ0n) is 5.09. The van der Waals surface area contributed by atoms with Gasteiger partial charge in [-0.25, -0.2) is 0 Å². The molecule has 0 aromatic heterocycles. The van der Waals surface area contributed by atoms with E-state index in [-0.39, 0.29) is 0 Å². The van der Waals surface area contributed by atoms with Crippen molar-refractivity contribution in [1.29, 1.82) is 0 Å². The van der Waals surface area contributed by atoms with Crippen LogP contribution in [0.5, 0.6) is 0 Å². The minimum Gasteiger partial charge on any atom is -0.306 e. The third-order valence-electron chi connectivity index (χ3n) is 1.23. The monoisotopic (exact) mass is 130 g/mol. The molecular weight excluding hydrogens is 120 g/mol. The molecule has 0 aromatic carbocycles. The Balaban J connectivity index is 2.38. The number of aliphatic imine (C=N–C) groups is 1. The SMILES string of the molecule is CNC1SC=NC1C. The van der Waals surface area contributed by atoms with Crippen LogP contribution in [0.15, 0.2) is 4.99 Å². The molecule has 0 aliphatic carbocycles. The van der Waals surface area contributed by atoms with Gasteiger partial charge in [-0.1, -0.05) is 11.8 Å². The average molecular weight is 130 g/mol. The van der Waals surface area contributed by atoms with Gasteiger partial charge in [-0.3, -0.25) is 4.99 Å². The maximum atomic E-state index is 4.16. The maximum absolute atomic E-state index is 4.16. The summed E-state index contributed by atoms with van der Waals surface area (Å²) in [5, 5.41) is 3.66. The summed E-state index contributed by atoms with van der Waals surface area (Å²) in [6.07, 6.45) is 0. The maximum Gasteiger partial charge on any atom is 0.0810 e. The highest BCUT2D eigenvalue weighted by molar-refractivity contribution is 8.12. The molecule has 0 saturated carbocycles. The van der Waals surface area contributed by atoms with Gasteiger partial charge in [0.1, 0.15) is 0 Å². The van der Waals surface area contributed by atoms with Crippen LogP contribution in [-0.4, -0.2) is 24.0 Å². The van der Waals surface area contributed by atoms with Gasteiger partial charge in [-0.15, -0.1) is 0 Å². The molecule has 8 heavy (non-hydrogen) atoms. The number of hydrogen-bond acceptors (Lipinski definition) is 3. The molecule has 2 atom stereocenters. The van der Waals surface area contributed by atoms with Gasteiger partial charge in [-0.2, -0.15) is 0 Å². The summed E-state index contributed by atoms with van der Waals surface area (Å²) in [6.45, 7) is 2.11. The van der Waals surface area contributed by atoms with Crippen LogP contribution >= 0.6 is 11.8 Å². The predicted octanol–water partition coefficient (Wildman–Crippen LogP) is 0.696. The second-order valence-electron chi connectivity index (χ2n) is 1.84. The molecule has 46 valence electrons. The highest BCUT2D eigenvalue weighted by Crippen LogP contribution is 2.17. The van der Waals surface area contributed by atoms with E-state index >= 15 is 0 Å². The highest BCUT2D eigenvalue weighted by Gasteiger charge is 2.17. The van der Waals surface area contributed by atoms with E-state index in [1.54, 1.807) is 11.8 Å². The van der Waals surface area contributed by atoms with Gasteiger partial charge < -0.3 is 5.32 Å². The fraction of sp³-hybridized carbons (Fsp3) is 0.800. The van der Waals surface area contributed by atoms with Gasteiger partial charge in [0.05, 0.1) is 17.0 Å². The van der Waals surface area contributed by atoms with Crippen LogP contribution < -0.4 is 5.32 Å². The number of hydrogen-bond donors (Lipinski definition) is 1. The first-order valence-corrected chi connectivity index (χ1v) is 3.63. The lowest BCUT2D eigenvalue weighted by atomic mass is 10.3. The Bertz CT molecular complexity index is 103. The quantitative estimate of drug-likeness (QED) is 0.565. The molecule has 3 heteroatoms. The van der Waals surface area contributed by atoms with Crippen molar-refractivity contribution in [3.8, 4) is 0 Å². The lowest BCUT2D eigenvalue weighted by Gasteiger charge is -2.09. The summed E-state index contributed by atoms with van der Waals surface area (Å²) in [5.74, 6) is 0. The summed E-state index contributed by atoms with van der Waals surface area (Å²) in [7, 11) is 1.96. The van der Waals surface area contributed by atoms with E-state index in [0.29, 0.717) is 11.4 Å². The molecule has 1 N–H and O–H groups in total. The second-order valence-corrected chi connectivity index (χ2v) is 2.83. The van der Waals surface area contributed by atoms with Gasteiger partial charge in [0.2, 0.25) is 0 Å². The Kier molecular flexibility index (Phi) is 1.91. The first-order chi connectivity index (χ1) is 3.84. The van der Waals surface area contributed by atoms with E-state index in [4.69, 9.17) is 0 Å². The van der Waals surface area contributed by atoms with Gasteiger partial charge in [-0.05, 0) is 14.0 Å². The molecule has 1 heterocycles. The minimum atomic E-state index is 0.449. The van der Waals surface area contributed by atoms with E-state index in [1.807, 2.05) is 12.6 Å². The Morgan fingerprint density at radius 2 is 2.50 bits per heavy atom. The molecule has 1 aliphatic heterocycles. The zero-order valence-corrected chi connectivity index (χ0v) is 5.90. The van der Waals surface area contributed by atoms with Crippen molar-refractivity contribution < 1.29 is 0 Å². The number of thioether (sulfide) groups is 1. The molecule has 0 radical (unpaired) electrons.